The predicted octanol–water partition coefficient (Wildman–Crippen LogP) is 0.432. The lowest BCUT2D eigenvalue weighted by molar-refractivity contribution is -0.143. The van der Waals surface area contributed by atoms with Crippen molar-refractivity contribution < 1.29 is 24.6 Å². The molecular formula is C13H24N2O5. The van der Waals surface area contributed by atoms with Crippen LogP contribution in [-0.2, 0) is 14.4 Å². The summed E-state index contributed by atoms with van der Waals surface area (Å²) in [5.41, 5.74) is 5.58. The van der Waals surface area contributed by atoms with Crippen LogP contribution >= 0.6 is 0 Å². The van der Waals surface area contributed by atoms with Crippen molar-refractivity contribution >= 4 is 17.8 Å². The first kappa shape index (κ1) is 18.4. The molecule has 0 aliphatic carbocycles. The van der Waals surface area contributed by atoms with Gasteiger partial charge < -0.3 is 21.3 Å². The average Bonchev–Trinajstić information content (AvgIpc) is 2.32. The first-order chi connectivity index (χ1) is 9.26. The highest BCUT2D eigenvalue weighted by atomic mass is 16.4. The van der Waals surface area contributed by atoms with Gasteiger partial charge in [0.25, 0.3) is 0 Å². The predicted molar refractivity (Wildman–Crippen MR) is 73.1 cm³/mol. The summed E-state index contributed by atoms with van der Waals surface area (Å²) in [6, 6.07) is -1.17. The van der Waals surface area contributed by atoms with Crippen molar-refractivity contribution in [2.24, 2.45) is 17.6 Å². The maximum Gasteiger partial charge on any atom is 0.326 e. The van der Waals surface area contributed by atoms with Gasteiger partial charge in [0.05, 0.1) is 0 Å². The van der Waals surface area contributed by atoms with Gasteiger partial charge in [-0.25, -0.2) is 4.79 Å². The lowest BCUT2D eigenvalue weighted by Gasteiger charge is -2.19. The Morgan fingerprint density at radius 1 is 1.20 bits per heavy atom. The van der Waals surface area contributed by atoms with E-state index in [1.807, 2.05) is 13.8 Å². The molecular weight excluding hydrogens is 264 g/mol. The highest BCUT2D eigenvalue weighted by Crippen LogP contribution is 2.14. The molecule has 0 saturated carbocycles. The van der Waals surface area contributed by atoms with Crippen LogP contribution in [0.1, 0.15) is 39.5 Å². The molecule has 0 unspecified atom stereocenters. The van der Waals surface area contributed by atoms with Crippen LogP contribution in [0.15, 0.2) is 0 Å². The molecule has 116 valence electrons. The Labute approximate surface area is 118 Å². The van der Waals surface area contributed by atoms with E-state index in [-0.39, 0.29) is 25.2 Å². The quantitative estimate of drug-likeness (QED) is 0.461. The monoisotopic (exact) mass is 288 g/mol. The minimum Gasteiger partial charge on any atom is -0.481 e. The number of rotatable bonds is 10. The number of amides is 1. The minimum atomic E-state index is -1.23. The Bertz CT molecular complexity index is 344. The summed E-state index contributed by atoms with van der Waals surface area (Å²) < 4.78 is 0. The molecule has 0 aromatic carbocycles. The second-order valence-electron chi connectivity index (χ2n) is 5.33. The molecule has 0 spiro atoms. The molecule has 0 heterocycles. The van der Waals surface area contributed by atoms with Gasteiger partial charge in [-0.05, 0) is 31.2 Å². The standard InChI is InChI=1S/C13H24N2O5/c1-8(2)5-9(7-14)6-11(16)15-10(13(19)20)3-4-12(17)18/h8-10H,3-7,14H2,1-2H3,(H,15,16)(H,17,18)(H,19,20)/t9-,10-/m0/s1. The number of carboxylic acids is 2. The molecule has 0 radical (unpaired) electrons. The Kier molecular flexibility index (Phi) is 8.54. The summed E-state index contributed by atoms with van der Waals surface area (Å²) in [5.74, 6) is -2.32. The molecule has 0 aliphatic rings. The van der Waals surface area contributed by atoms with Crippen LogP contribution in [0.3, 0.4) is 0 Å². The SMILES string of the molecule is CC(C)C[C@H](CN)CC(=O)N[C@@H](CCC(=O)O)C(=O)O. The number of hydrogen-bond donors (Lipinski definition) is 4. The number of carbonyl (C=O) groups excluding carboxylic acids is 1. The molecule has 20 heavy (non-hydrogen) atoms. The zero-order valence-electron chi connectivity index (χ0n) is 12.0. The van der Waals surface area contributed by atoms with E-state index in [4.69, 9.17) is 15.9 Å². The smallest absolute Gasteiger partial charge is 0.326 e. The van der Waals surface area contributed by atoms with E-state index in [1.165, 1.54) is 0 Å². The normalized spacial score (nSPS) is 13.8. The number of hydrogen-bond acceptors (Lipinski definition) is 4. The number of carboxylic acid groups (broad SMARTS) is 2. The van der Waals surface area contributed by atoms with Gasteiger partial charge in [-0.15, -0.1) is 0 Å². The van der Waals surface area contributed by atoms with Crippen molar-refractivity contribution in [2.45, 2.75) is 45.6 Å². The third kappa shape index (κ3) is 8.47. The summed E-state index contributed by atoms with van der Waals surface area (Å²) in [6.07, 6.45) is 0.514. The van der Waals surface area contributed by atoms with Gasteiger partial charge in [-0.1, -0.05) is 13.8 Å². The van der Waals surface area contributed by atoms with Crippen LogP contribution in [0.4, 0.5) is 0 Å². The zero-order chi connectivity index (χ0) is 15.7. The molecule has 0 rings (SSSR count). The van der Waals surface area contributed by atoms with Gasteiger partial charge in [0.15, 0.2) is 0 Å². The third-order valence-corrected chi connectivity index (χ3v) is 2.89. The summed E-state index contributed by atoms with van der Waals surface area (Å²) in [4.78, 5) is 33.2. The molecule has 1 amide bonds. The number of nitrogens with two attached hydrogens (primary N) is 1. The second-order valence-corrected chi connectivity index (χ2v) is 5.33. The summed E-state index contributed by atoms with van der Waals surface area (Å²) >= 11 is 0. The largest absolute Gasteiger partial charge is 0.481 e. The molecule has 0 bridgehead atoms. The molecule has 0 aliphatic heterocycles. The molecule has 2 atom stereocenters. The Balaban J connectivity index is 4.37. The van der Waals surface area contributed by atoms with Gasteiger partial charge >= 0.3 is 11.9 Å². The van der Waals surface area contributed by atoms with Crippen LogP contribution in [0, 0.1) is 11.8 Å². The van der Waals surface area contributed by atoms with E-state index in [2.05, 4.69) is 5.32 Å². The maximum absolute atomic E-state index is 11.8. The van der Waals surface area contributed by atoms with E-state index in [0.29, 0.717) is 12.5 Å². The van der Waals surface area contributed by atoms with E-state index >= 15 is 0 Å². The summed E-state index contributed by atoms with van der Waals surface area (Å²) in [7, 11) is 0. The Hall–Kier alpha value is -1.63. The van der Waals surface area contributed by atoms with Crippen molar-refractivity contribution in [3.63, 3.8) is 0 Å². The van der Waals surface area contributed by atoms with Crippen molar-refractivity contribution in [1.82, 2.24) is 5.32 Å². The van der Waals surface area contributed by atoms with Crippen LogP contribution in [-0.4, -0.2) is 40.6 Å². The average molecular weight is 288 g/mol. The van der Waals surface area contributed by atoms with Crippen molar-refractivity contribution in [3.8, 4) is 0 Å². The van der Waals surface area contributed by atoms with Crippen molar-refractivity contribution in [1.29, 1.82) is 0 Å². The Morgan fingerprint density at radius 3 is 2.20 bits per heavy atom. The molecule has 7 nitrogen and oxygen atoms in total. The van der Waals surface area contributed by atoms with Gasteiger partial charge in [0, 0.05) is 12.8 Å². The first-order valence-corrected chi connectivity index (χ1v) is 6.70. The third-order valence-electron chi connectivity index (χ3n) is 2.89. The van der Waals surface area contributed by atoms with Gasteiger partial charge in [-0.3, -0.25) is 9.59 Å². The fourth-order valence-electron chi connectivity index (χ4n) is 1.97. The fourth-order valence-corrected chi connectivity index (χ4v) is 1.97. The lowest BCUT2D eigenvalue weighted by Crippen LogP contribution is -2.42. The van der Waals surface area contributed by atoms with E-state index < -0.39 is 23.9 Å². The number of aliphatic carboxylic acids is 2. The molecule has 5 N–H and O–H groups in total. The first-order valence-electron chi connectivity index (χ1n) is 6.70. The van der Waals surface area contributed by atoms with E-state index in [9.17, 15) is 14.4 Å². The minimum absolute atomic E-state index is 0.00363. The number of nitrogens with one attached hydrogen (secondary N) is 1. The van der Waals surface area contributed by atoms with E-state index in [0.717, 1.165) is 6.42 Å². The van der Waals surface area contributed by atoms with Gasteiger partial charge in [-0.2, -0.15) is 0 Å². The molecule has 7 heteroatoms. The second kappa shape index (κ2) is 9.30. The van der Waals surface area contributed by atoms with Crippen LogP contribution in [0.2, 0.25) is 0 Å². The maximum atomic E-state index is 11.8. The van der Waals surface area contributed by atoms with Crippen LogP contribution in [0.5, 0.6) is 0 Å². The number of carbonyl (C=O) groups is 3. The molecule has 0 aromatic heterocycles. The lowest BCUT2D eigenvalue weighted by atomic mass is 9.94. The van der Waals surface area contributed by atoms with Crippen molar-refractivity contribution in [3.05, 3.63) is 0 Å². The fraction of sp³-hybridized carbons (Fsp3) is 0.769. The Morgan fingerprint density at radius 2 is 1.80 bits per heavy atom. The molecule has 0 aromatic rings. The molecule has 0 saturated heterocycles. The highest BCUT2D eigenvalue weighted by molar-refractivity contribution is 5.84. The zero-order valence-corrected chi connectivity index (χ0v) is 12.0. The summed E-state index contributed by atoms with van der Waals surface area (Å²) in [6.45, 7) is 4.40. The summed E-state index contributed by atoms with van der Waals surface area (Å²) in [5, 5.41) is 19.8. The van der Waals surface area contributed by atoms with E-state index in [1.54, 1.807) is 0 Å². The molecule has 0 fully saturated rings. The topological polar surface area (TPSA) is 130 Å². The van der Waals surface area contributed by atoms with Crippen LogP contribution in [0.25, 0.3) is 0 Å². The van der Waals surface area contributed by atoms with Crippen molar-refractivity contribution in [2.75, 3.05) is 6.54 Å². The van der Waals surface area contributed by atoms with Gasteiger partial charge in [0.1, 0.15) is 6.04 Å². The highest BCUT2D eigenvalue weighted by Gasteiger charge is 2.22. The van der Waals surface area contributed by atoms with Crippen LogP contribution < -0.4 is 11.1 Å². The van der Waals surface area contributed by atoms with Gasteiger partial charge in [0.2, 0.25) is 5.91 Å².